The number of ether oxygens (including phenoxy) is 1. The molecule has 1 unspecified atom stereocenters. The van der Waals surface area contributed by atoms with Crippen molar-refractivity contribution in [2.75, 3.05) is 6.61 Å². The molecule has 2 heterocycles. The number of hydrogen-bond donors (Lipinski definition) is 0. The molecule has 18 heavy (non-hydrogen) atoms. The van der Waals surface area contributed by atoms with Crippen molar-refractivity contribution in [1.29, 1.82) is 5.26 Å². The van der Waals surface area contributed by atoms with E-state index in [1.165, 1.54) is 12.0 Å². The summed E-state index contributed by atoms with van der Waals surface area (Å²) in [5.41, 5.74) is 3.92. The summed E-state index contributed by atoms with van der Waals surface area (Å²) in [5, 5.41) is 9.58. The average Bonchev–Trinajstić information content (AvgIpc) is 2.91. The Morgan fingerprint density at radius 2 is 2.00 bits per heavy atom. The van der Waals surface area contributed by atoms with Crippen LogP contribution in [-0.2, 0) is 17.6 Å². The zero-order valence-corrected chi connectivity index (χ0v) is 11.0. The number of aromatic nitrogens is 1. The van der Waals surface area contributed by atoms with E-state index in [-0.39, 0.29) is 6.10 Å². The van der Waals surface area contributed by atoms with Gasteiger partial charge in [0.15, 0.2) is 0 Å². The van der Waals surface area contributed by atoms with Gasteiger partial charge in [-0.25, -0.2) is 4.98 Å². The third-order valence-corrected chi connectivity index (χ3v) is 4.12. The first-order valence-corrected chi connectivity index (χ1v) is 6.92. The molecule has 1 atom stereocenters. The molecule has 1 fully saturated rings. The van der Waals surface area contributed by atoms with Crippen molar-refractivity contribution in [1.82, 2.24) is 4.98 Å². The van der Waals surface area contributed by atoms with Crippen LogP contribution < -0.4 is 0 Å². The molecule has 1 aliphatic carbocycles. The molecule has 1 aromatic heterocycles. The van der Waals surface area contributed by atoms with Gasteiger partial charge < -0.3 is 4.74 Å². The summed E-state index contributed by atoms with van der Waals surface area (Å²) in [6.45, 7) is 0.804. The molecule has 0 saturated carbocycles. The van der Waals surface area contributed by atoms with Gasteiger partial charge in [0.2, 0.25) is 0 Å². The van der Waals surface area contributed by atoms with Crippen molar-refractivity contribution in [3.05, 3.63) is 27.5 Å². The van der Waals surface area contributed by atoms with Crippen molar-refractivity contribution in [2.45, 2.75) is 44.6 Å². The van der Waals surface area contributed by atoms with Crippen molar-refractivity contribution < 1.29 is 4.74 Å². The number of nitriles is 1. The van der Waals surface area contributed by atoms with Gasteiger partial charge in [-0.15, -0.1) is 0 Å². The lowest BCUT2D eigenvalue weighted by Crippen LogP contribution is -2.14. The molecule has 0 amide bonds. The van der Waals surface area contributed by atoms with E-state index < -0.39 is 0 Å². The van der Waals surface area contributed by atoms with E-state index in [1.54, 1.807) is 0 Å². The van der Waals surface area contributed by atoms with E-state index in [1.807, 2.05) is 0 Å². The minimum absolute atomic E-state index is 0.0853. The van der Waals surface area contributed by atoms with Crippen LogP contribution in [0.3, 0.4) is 0 Å². The topological polar surface area (TPSA) is 45.9 Å². The molecule has 1 saturated heterocycles. The molecule has 0 N–H and O–H groups in total. The van der Waals surface area contributed by atoms with Crippen LogP contribution in [0.15, 0.2) is 0 Å². The Morgan fingerprint density at radius 1 is 1.22 bits per heavy atom. The van der Waals surface area contributed by atoms with Crippen LogP contribution in [0.2, 0.25) is 5.15 Å². The lowest BCUT2D eigenvalue weighted by atomic mass is 9.86. The van der Waals surface area contributed by atoms with Gasteiger partial charge in [-0.3, -0.25) is 0 Å². The Hall–Kier alpha value is -1.11. The van der Waals surface area contributed by atoms with Gasteiger partial charge in [-0.2, -0.15) is 5.26 Å². The highest BCUT2D eigenvalue weighted by Crippen LogP contribution is 2.37. The Balaban J connectivity index is 2.14. The summed E-state index contributed by atoms with van der Waals surface area (Å²) in [5.74, 6) is 0. The van der Waals surface area contributed by atoms with E-state index in [0.717, 1.165) is 50.0 Å². The Bertz CT molecular complexity index is 516. The summed E-state index contributed by atoms with van der Waals surface area (Å²) >= 11 is 6.16. The lowest BCUT2D eigenvalue weighted by Gasteiger charge is -2.23. The largest absolute Gasteiger partial charge is 0.372 e. The second-order valence-electron chi connectivity index (χ2n) is 4.94. The van der Waals surface area contributed by atoms with Crippen LogP contribution in [0.4, 0.5) is 0 Å². The van der Waals surface area contributed by atoms with E-state index in [0.29, 0.717) is 10.7 Å². The second kappa shape index (κ2) is 4.87. The summed E-state index contributed by atoms with van der Waals surface area (Å²) in [7, 11) is 0. The molecule has 0 radical (unpaired) electrons. The third kappa shape index (κ3) is 1.90. The second-order valence-corrected chi connectivity index (χ2v) is 5.30. The minimum atomic E-state index is 0.0853. The zero-order chi connectivity index (χ0) is 12.5. The van der Waals surface area contributed by atoms with Gasteiger partial charge in [-0.05, 0) is 49.7 Å². The van der Waals surface area contributed by atoms with Gasteiger partial charge in [0.1, 0.15) is 11.2 Å². The maximum atomic E-state index is 9.22. The molecule has 0 bridgehead atoms. The molecular formula is C14H15ClN2O. The summed E-state index contributed by atoms with van der Waals surface area (Å²) in [4.78, 5) is 4.46. The third-order valence-electron chi connectivity index (χ3n) is 3.85. The van der Waals surface area contributed by atoms with Crippen LogP contribution in [0.25, 0.3) is 0 Å². The average molecular weight is 263 g/mol. The minimum Gasteiger partial charge on any atom is -0.372 e. The molecule has 4 heteroatoms. The first-order valence-electron chi connectivity index (χ1n) is 6.54. The lowest BCUT2D eigenvalue weighted by molar-refractivity contribution is 0.107. The highest BCUT2D eigenvalue weighted by atomic mass is 35.5. The fourth-order valence-electron chi connectivity index (χ4n) is 2.99. The predicted molar refractivity (Wildman–Crippen MR) is 68.5 cm³/mol. The molecule has 1 aliphatic heterocycles. The normalized spacial score (nSPS) is 22.6. The van der Waals surface area contributed by atoms with Crippen molar-refractivity contribution in [3.63, 3.8) is 0 Å². The monoisotopic (exact) mass is 262 g/mol. The quantitative estimate of drug-likeness (QED) is 0.729. The Kier molecular flexibility index (Phi) is 3.23. The summed E-state index contributed by atoms with van der Waals surface area (Å²) in [6.07, 6.45) is 6.43. The molecular weight excluding hydrogens is 248 g/mol. The van der Waals surface area contributed by atoms with E-state index in [4.69, 9.17) is 16.3 Å². The number of fused-ring (bicyclic) bond motifs is 1. The zero-order valence-electron chi connectivity index (χ0n) is 10.2. The van der Waals surface area contributed by atoms with Crippen LogP contribution in [0.1, 0.15) is 54.2 Å². The molecule has 0 aromatic carbocycles. The molecule has 94 valence electrons. The summed E-state index contributed by atoms with van der Waals surface area (Å²) < 4.78 is 5.73. The maximum Gasteiger partial charge on any atom is 0.147 e. The van der Waals surface area contributed by atoms with Crippen LogP contribution >= 0.6 is 11.6 Å². The first-order chi connectivity index (χ1) is 8.81. The molecule has 1 aromatic rings. The van der Waals surface area contributed by atoms with Crippen LogP contribution in [-0.4, -0.2) is 11.6 Å². The van der Waals surface area contributed by atoms with Gasteiger partial charge >= 0.3 is 0 Å². The Morgan fingerprint density at radius 3 is 2.67 bits per heavy atom. The number of hydrogen-bond acceptors (Lipinski definition) is 3. The number of nitrogens with zero attached hydrogens (tertiary/aromatic N) is 2. The fraction of sp³-hybridized carbons (Fsp3) is 0.571. The highest BCUT2D eigenvalue weighted by Gasteiger charge is 2.28. The molecule has 2 aliphatic rings. The van der Waals surface area contributed by atoms with Gasteiger partial charge in [0.25, 0.3) is 0 Å². The number of halogens is 1. The first kappa shape index (κ1) is 12.0. The van der Waals surface area contributed by atoms with Crippen LogP contribution in [0.5, 0.6) is 0 Å². The van der Waals surface area contributed by atoms with Gasteiger partial charge in [0.05, 0.1) is 17.4 Å². The SMILES string of the molecule is N#Cc1c(Cl)nc(C2CCCO2)c2c1CCCC2. The number of rotatable bonds is 1. The van der Waals surface area contributed by atoms with Crippen molar-refractivity contribution in [2.24, 2.45) is 0 Å². The molecule has 0 spiro atoms. The molecule has 3 rings (SSSR count). The van der Waals surface area contributed by atoms with E-state index in [2.05, 4.69) is 11.1 Å². The molecule has 3 nitrogen and oxygen atoms in total. The van der Waals surface area contributed by atoms with Crippen LogP contribution in [0, 0.1) is 11.3 Å². The van der Waals surface area contributed by atoms with Gasteiger partial charge in [-0.1, -0.05) is 11.6 Å². The number of pyridine rings is 1. The van der Waals surface area contributed by atoms with E-state index >= 15 is 0 Å². The van der Waals surface area contributed by atoms with Crippen molar-refractivity contribution in [3.8, 4) is 6.07 Å². The standard InChI is InChI=1S/C14H15ClN2O/c15-14-11(8-16)9-4-1-2-5-10(9)13(17-14)12-6-3-7-18-12/h12H,1-7H2. The van der Waals surface area contributed by atoms with Gasteiger partial charge in [0, 0.05) is 6.61 Å². The fourth-order valence-corrected chi connectivity index (χ4v) is 3.24. The highest BCUT2D eigenvalue weighted by molar-refractivity contribution is 6.30. The maximum absolute atomic E-state index is 9.22. The smallest absolute Gasteiger partial charge is 0.147 e. The Labute approximate surface area is 112 Å². The summed E-state index contributed by atoms with van der Waals surface area (Å²) in [6, 6.07) is 2.21. The van der Waals surface area contributed by atoms with E-state index in [9.17, 15) is 5.26 Å². The predicted octanol–water partition coefficient (Wildman–Crippen LogP) is 3.34. The van der Waals surface area contributed by atoms with Crippen molar-refractivity contribution >= 4 is 11.6 Å².